The molecule has 0 aliphatic heterocycles. The summed E-state index contributed by atoms with van der Waals surface area (Å²) in [5, 5.41) is 19.9. The van der Waals surface area contributed by atoms with Crippen LogP contribution in [0.5, 0.6) is 11.5 Å². The van der Waals surface area contributed by atoms with Crippen LogP contribution < -0.4 is 5.63 Å². The number of halogens is 1. The number of rotatable bonds is 1. The highest BCUT2D eigenvalue weighted by molar-refractivity contribution is 6.33. The van der Waals surface area contributed by atoms with Crippen LogP contribution in [0, 0.1) is 6.92 Å². The molecule has 0 fully saturated rings. The molecule has 0 amide bonds. The number of phenols is 2. The van der Waals surface area contributed by atoms with Crippen molar-refractivity contribution in [3.8, 4) is 22.6 Å². The average Bonchev–Trinajstić information content (AvgIpc) is 2.40. The Morgan fingerprint density at radius 1 is 1.05 bits per heavy atom. The molecule has 4 nitrogen and oxygen atoms in total. The van der Waals surface area contributed by atoms with Crippen LogP contribution >= 0.6 is 11.6 Å². The second-order valence-electron chi connectivity index (χ2n) is 4.73. The fourth-order valence-corrected chi connectivity index (χ4v) is 2.63. The van der Waals surface area contributed by atoms with E-state index in [2.05, 4.69) is 0 Å². The van der Waals surface area contributed by atoms with Crippen molar-refractivity contribution < 1.29 is 14.6 Å². The van der Waals surface area contributed by atoms with Gasteiger partial charge in [-0.2, -0.15) is 0 Å². The van der Waals surface area contributed by atoms with Gasteiger partial charge < -0.3 is 14.6 Å². The van der Waals surface area contributed by atoms with E-state index in [1.807, 2.05) is 0 Å². The molecule has 5 heteroatoms. The van der Waals surface area contributed by atoms with E-state index in [-0.39, 0.29) is 16.5 Å². The molecule has 0 bridgehead atoms. The summed E-state index contributed by atoms with van der Waals surface area (Å²) in [5.41, 5.74) is 1.32. The molecule has 1 aromatic heterocycles. The van der Waals surface area contributed by atoms with Crippen molar-refractivity contribution in [3.05, 3.63) is 57.4 Å². The van der Waals surface area contributed by atoms with Gasteiger partial charge in [0.05, 0.1) is 10.6 Å². The van der Waals surface area contributed by atoms with Crippen LogP contribution in [0.15, 0.2) is 45.6 Å². The molecule has 1 heterocycles. The summed E-state index contributed by atoms with van der Waals surface area (Å²) in [4.78, 5) is 12.2. The largest absolute Gasteiger partial charge is 0.508 e. The average molecular weight is 303 g/mol. The second-order valence-corrected chi connectivity index (χ2v) is 5.14. The Bertz CT molecular complexity index is 912. The lowest BCUT2D eigenvalue weighted by Crippen LogP contribution is -2.06. The molecular weight excluding hydrogens is 292 g/mol. The van der Waals surface area contributed by atoms with Crippen LogP contribution in [0.2, 0.25) is 5.02 Å². The quantitative estimate of drug-likeness (QED) is 0.670. The maximum atomic E-state index is 12.2. The zero-order valence-corrected chi connectivity index (χ0v) is 11.8. The molecule has 0 unspecified atom stereocenters. The lowest BCUT2D eigenvalue weighted by Gasteiger charge is -2.09. The minimum Gasteiger partial charge on any atom is -0.508 e. The summed E-state index contributed by atoms with van der Waals surface area (Å²) in [6.45, 7) is 1.79. The Morgan fingerprint density at radius 2 is 1.71 bits per heavy atom. The molecule has 0 radical (unpaired) electrons. The van der Waals surface area contributed by atoms with E-state index in [0.717, 1.165) is 0 Å². The first kappa shape index (κ1) is 13.5. The molecular formula is C16H11ClO4. The van der Waals surface area contributed by atoms with Crippen LogP contribution in [-0.2, 0) is 0 Å². The van der Waals surface area contributed by atoms with Crippen molar-refractivity contribution in [1.29, 1.82) is 0 Å². The predicted octanol–water partition coefficient (Wildman–Crippen LogP) is 3.83. The summed E-state index contributed by atoms with van der Waals surface area (Å²) in [6.07, 6.45) is 0. The van der Waals surface area contributed by atoms with E-state index in [0.29, 0.717) is 27.7 Å². The summed E-state index contributed by atoms with van der Waals surface area (Å²) in [5.74, 6) is 0.0527. The lowest BCUT2D eigenvalue weighted by molar-refractivity contribution is 0.473. The van der Waals surface area contributed by atoms with E-state index in [4.69, 9.17) is 16.0 Å². The van der Waals surface area contributed by atoms with Gasteiger partial charge in [0.1, 0.15) is 17.1 Å². The summed E-state index contributed by atoms with van der Waals surface area (Å²) in [6, 6.07) is 9.01. The Hall–Kier alpha value is -2.46. The van der Waals surface area contributed by atoms with Gasteiger partial charge in [0, 0.05) is 17.0 Å². The number of benzene rings is 2. The fraction of sp³-hybridized carbons (Fsp3) is 0.0625. The number of hydrogen-bond donors (Lipinski definition) is 2. The number of aryl methyl sites for hydroxylation is 1. The van der Waals surface area contributed by atoms with Gasteiger partial charge in [-0.3, -0.25) is 0 Å². The zero-order valence-electron chi connectivity index (χ0n) is 11.1. The smallest absolute Gasteiger partial charge is 0.344 e. The molecule has 0 aliphatic rings. The molecule has 3 rings (SSSR count). The Balaban J connectivity index is 2.38. The summed E-state index contributed by atoms with van der Waals surface area (Å²) < 4.78 is 5.26. The summed E-state index contributed by atoms with van der Waals surface area (Å²) in [7, 11) is 0. The van der Waals surface area contributed by atoms with Crippen LogP contribution in [0.25, 0.3) is 22.1 Å². The van der Waals surface area contributed by atoms with Gasteiger partial charge in [-0.05, 0) is 42.8 Å². The normalized spacial score (nSPS) is 11.0. The third-order valence-corrected chi connectivity index (χ3v) is 3.69. The third-order valence-electron chi connectivity index (χ3n) is 3.37. The van der Waals surface area contributed by atoms with Crippen LogP contribution in [0.1, 0.15) is 5.56 Å². The number of phenolic OH excluding ortho intramolecular Hbond substituents is 2. The highest BCUT2D eigenvalue weighted by Crippen LogP contribution is 2.33. The van der Waals surface area contributed by atoms with E-state index < -0.39 is 5.63 Å². The molecule has 2 aromatic carbocycles. The van der Waals surface area contributed by atoms with E-state index in [1.165, 1.54) is 24.3 Å². The lowest BCUT2D eigenvalue weighted by atomic mass is 9.99. The SMILES string of the molecule is Cc1c(-c2ccc(O)cc2Cl)c(=O)oc2cc(O)ccc12. The van der Waals surface area contributed by atoms with Gasteiger partial charge in [-0.25, -0.2) is 4.79 Å². The first-order valence-corrected chi connectivity index (χ1v) is 6.60. The molecule has 3 aromatic rings. The van der Waals surface area contributed by atoms with E-state index in [1.54, 1.807) is 19.1 Å². The van der Waals surface area contributed by atoms with E-state index in [9.17, 15) is 15.0 Å². The van der Waals surface area contributed by atoms with Crippen molar-refractivity contribution in [2.24, 2.45) is 0 Å². The van der Waals surface area contributed by atoms with Crippen LogP contribution in [0.4, 0.5) is 0 Å². The summed E-state index contributed by atoms with van der Waals surface area (Å²) >= 11 is 6.10. The monoisotopic (exact) mass is 302 g/mol. The van der Waals surface area contributed by atoms with Crippen molar-refractivity contribution in [3.63, 3.8) is 0 Å². The van der Waals surface area contributed by atoms with Crippen molar-refractivity contribution >= 4 is 22.6 Å². The van der Waals surface area contributed by atoms with Gasteiger partial charge in [0.2, 0.25) is 0 Å². The van der Waals surface area contributed by atoms with Crippen molar-refractivity contribution in [1.82, 2.24) is 0 Å². The van der Waals surface area contributed by atoms with Crippen molar-refractivity contribution in [2.45, 2.75) is 6.92 Å². The fourth-order valence-electron chi connectivity index (χ4n) is 2.36. The Kier molecular flexibility index (Phi) is 3.11. The van der Waals surface area contributed by atoms with Crippen molar-refractivity contribution in [2.75, 3.05) is 0 Å². The topological polar surface area (TPSA) is 70.7 Å². The highest BCUT2D eigenvalue weighted by Gasteiger charge is 2.16. The molecule has 0 saturated heterocycles. The standard InChI is InChI=1S/C16H11ClO4/c1-8-11-4-2-10(19)7-14(11)21-16(20)15(8)12-5-3-9(18)6-13(12)17/h2-7,18-19H,1H3. The number of hydrogen-bond acceptors (Lipinski definition) is 4. The van der Waals surface area contributed by atoms with Gasteiger partial charge in [0.25, 0.3) is 0 Å². The molecule has 106 valence electrons. The molecule has 0 spiro atoms. The minimum atomic E-state index is -0.543. The van der Waals surface area contributed by atoms with Crippen LogP contribution in [-0.4, -0.2) is 10.2 Å². The predicted molar refractivity (Wildman–Crippen MR) is 81.0 cm³/mol. The Morgan fingerprint density at radius 3 is 2.43 bits per heavy atom. The third kappa shape index (κ3) is 2.23. The first-order chi connectivity index (χ1) is 9.97. The van der Waals surface area contributed by atoms with Gasteiger partial charge in [-0.1, -0.05) is 11.6 Å². The zero-order chi connectivity index (χ0) is 15.1. The molecule has 0 aliphatic carbocycles. The van der Waals surface area contributed by atoms with Gasteiger partial charge in [-0.15, -0.1) is 0 Å². The van der Waals surface area contributed by atoms with Crippen LogP contribution in [0.3, 0.4) is 0 Å². The Labute approximate surface area is 124 Å². The van der Waals surface area contributed by atoms with Gasteiger partial charge >= 0.3 is 5.63 Å². The second kappa shape index (κ2) is 4.82. The maximum Gasteiger partial charge on any atom is 0.344 e. The maximum absolute atomic E-state index is 12.2. The molecule has 2 N–H and O–H groups in total. The first-order valence-electron chi connectivity index (χ1n) is 6.22. The molecule has 0 saturated carbocycles. The van der Waals surface area contributed by atoms with E-state index >= 15 is 0 Å². The highest BCUT2D eigenvalue weighted by atomic mass is 35.5. The molecule has 21 heavy (non-hydrogen) atoms. The number of aromatic hydroxyl groups is 2. The molecule has 0 atom stereocenters. The number of fused-ring (bicyclic) bond motifs is 1. The minimum absolute atomic E-state index is 0.0245. The van der Waals surface area contributed by atoms with Gasteiger partial charge in [0.15, 0.2) is 0 Å².